The minimum atomic E-state index is -1.20. The first kappa shape index (κ1) is 22.7. The molecule has 3 rings (SSSR count). The van der Waals surface area contributed by atoms with Gasteiger partial charge in [0.25, 0.3) is 0 Å². The van der Waals surface area contributed by atoms with Gasteiger partial charge < -0.3 is 31.4 Å². The van der Waals surface area contributed by atoms with Crippen LogP contribution in [0, 0.1) is 0 Å². The summed E-state index contributed by atoms with van der Waals surface area (Å²) in [6.45, 7) is 0. The second-order valence-corrected chi connectivity index (χ2v) is 7.32. The average molecular weight is 439 g/mol. The van der Waals surface area contributed by atoms with Crippen molar-refractivity contribution in [2.24, 2.45) is 5.73 Å². The lowest BCUT2D eigenvalue weighted by molar-refractivity contribution is -0.142. The highest BCUT2D eigenvalue weighted by Gasteiger charge is 2.28. The smallest absolute Gasteiger partial charge is 0.326 e. The zero-order chi connectivity index (χ0) is 22.9. The number of benzene rings is 1. The molecule has 3 atom stereocenters. The Labute approximate surface area is 183 Å². The molecule has 0 unspecified atom stereocenters. The molecule has 0 aliphatic rings. The Morgan fingerprint density at radius 1 is 0.875 bits per heavy atom. The van der Waals surface area contributed by atoms with Crippen molar-refractivity contribution < 1.29 is 19.5 Å². The van der Waals surface area contributed by atoms with Gasteiger partial charge in [0.1, 0.15) is 12.1 Å². The number of aromatic amines is 2. The molecule has 0 saturated carbocycles. The topological polar surface area (TPSA) is 179 Å². The molecule has 168 valence electrons. The maximum absolute atomic E-state index is 13.0. The number of aromatic nitrogens is 4. The maximum atomic E-state index is 13.0. The fourth-order valence-electron chi connectivity index (χ4n) is 3.15. The van der Waals surface area contributed by atoms with E-state index in [-0.39, 0.29) is 19.3 Å². The van der Waals surface area contributed by atoms with E-state index < -0.39 is 35.9 Å². The van der Waals surface area contributed by atoms with E-state index in [0.717, 1.165) is 5.56 Å². The van der Waals surface area contributed by atoms with Gasteiger partial charge >= 0.3 is 5.97 Å². The molecule has 0 radical (unpaired) electrons. The summed E-state index contributed by atoms with van der Waals surface area (Å²) in [7, 11) is 0. The van der Waals surface area contributed by atoms with E-state index >= 15 is 0 Å². The Balaban J connectivity index is 1.71. The third-order valence-corrected chi connectivity index (χ3v) is 4.84. The predicted octanol–water partition coefficient (Wildman–Crippen LogP) is -0.458. The summed E-state index contributed by atoms with van der Waals surface area (Å²) in [4.78, 5) is 50.8. The summed E-state index contributed by atoms with van der Waals surface area (Å²) < 4.78 is 0. The van der Waals surface area contributed by atoms with Crippen LogP contribution in [0.25, 0.3) is 0 Å². The van der Waals surface area contributed by atoms with Crippen LogP contribution in [-0.2, 0) is 33.6 Å². The summed E-state index contributed by atoms with van der Waals surface area (Å²) in [5.74, 6) is -2.35. The van der Waals surface area contributed by atoms with E-state index in [1.165, 1.54) is 18.9 Å². The molecule has 11 heteroatoms. The van der Waals surface area contributed by atoms with Crippen LogP contribution in [0.4, 0.5) is 0 Å². The second kappa shape index (κ2) is 10.9. The van der Waals surface area contributed by atoms with E-state index in [1.807, 2.05) is 30.3 Å². The maximum Gasteiger partial charge on any atom is 0.326 e. The molecule has 1 aromatic carbocycles. The number of nitrogens with zero attached hydrogens (tertiary/aromatic N) is 2. The summed E-state index contributed by atoms with van der Waals surface area (Å²) in [5, 5.41) is 14.7. The Morgan fingerprint density at radius 2 is 1.47 bits per heavy atom. The van der Waals surface area contributed by atoms with Gasteiger partial charge in [-0.15, -0.1) is 0 Å². The van der Waals surface area contributed by atoms with Gasteiger partial charge in [0, 0.05) is 43.0 Å². The molecular weight excluding hydrogens is 414 g/mol. The van der Waals surface area contributed by atoms with E-state index in [1.54, 1.807) is 6.20 Å². The van der Waals surface area contributed by atoms with Crippen LogP contribution in [0.15, 0.2) is 55.4 Å². The predicted molar refractivity (Wildman–Crippen MR) is 114 cm³/mol. The molecule has 11 nitrogen and oxygen atoms in total. The van der Waals surface area contributed by atoms with Crippen LogP contribution in [0.3, 0.4) is 0 Å². The number of carboxylic acid groups (broad SMARTS) is 1. The van der Waals surface area contributed by atoms with Crippen LogP contribution >= 0.6 is 0 Å². The van der Waals surface area contributed by atoms with Crippen LogP contribution in [-0.4, -0.2) is 61.0 Å². The van der Waals surface area contributed by atoms with Crippen molar-refractivity contribution in [1.82, 2.24) is 30.6 Å². The molecule has 0 spiro atoms. The first-order valence-electron chi connectivity index (χ1n) is 10.00. The molecule has 0 fully saturated rings. The summed E-state index contributed by atoms with van der Waals surface area (Å²) in [5.41, 5.74) is 8.04. The molecular formula is C21H25N7O4. The molecule has 32 heavy (non-hydrogen) atoms. The zero-order valence-corrected chi connectivity index (χ0v) is 17.2. The number of carbonyl (C=O) groups excluding carboxylic acids is 2. The number of H-pyrrole nitrogens is 2. The van der Waals surface area contributed by atoms with E-state index in [2.05, 4.69) is 30.6 Å². The first-order chi connectivity index (χ1) is 15.4. The van der Waals surface area contributed by atoms with Crippen molar-refractivity contribution in [3.8, 4) is 0 Å². The first-order valence-corrected chi connectivity index (χ1v) is 10.00. The summed E-state index contributed by atoms with van der Waals surface area (Å²) >= 11 is 0. The van der Waals surface area contributed by atoms with Crippen molar-refractivity contribution in [1.29, 1.82) is 0 Å². The van der Waals surface area contributed by atoms with Crippen molar-refractivity contribution in [3.63, 3.8) is 0 Å². The monoisotopic (exact) mass is 439 g/mol. The Kier molecular flexibility index (Phi) is 7.70. The Morgan fingerprint density at radius 3 is 2.03 bits per heavy atom. The van der Waals surface area contributed by atoms with Crippen LogP contribution in [0.1, 0.15) is 17.0 Å². The van der Waals surface area contributed by atoms with Crippen molar-refractivity contribution in [2.75, 3.05) is 0 Å². The van der Waals surface area contributed by atoms with Crippen molar-refractivity contribution >= 4 is 17.8 Å². The summed E-state index contributed by atoms with van der Waals surface area (Å²) in [6.07, 6.45) is 6.36. The second-order valence-electron chi connectivity index (χ2n) is 7.32. The number of rotatable bonds is 11. The SMILES string of the molecule is N[C@@H](Cc1cnc[nH]1)C(=O)N[C@@H](Cc1ccccc1)C(=O)N[C@@H](Cc1cnc[nH]1)C(=O)O. The average Bonchev–Trinajstić information content (AvgIpc) is 3.47. The highest BCUT2D eigenvalue weighted by molar-refractivity contribution is 5.92. The molecule has 2 amide bonds. The van der Waals surface area contributed by atoms with Crippen molar-refractivity contribution in [3.05, 3.63) is 72.3 Å². The quantitative estimate of drug-likeness (QED) is 0.234. The number of nitrogens with two attached hydrogens (primary N) is 1. The number of hydrogen-bond acceptors (Lipinski definition) is 6. The third-order valence-electron chi connectivity index (χ3n) is 4.84. The van der Waals surface area contributed by atoms with E-state index in [9.17, 15) is 19.5 Å². The highest BCUT2D eigenvalue weighted by Crippen LogP contribution is 2.06. The fourth-order valence-corrected chi connectivity index (χ4v) is 3.15. The van der Waals surface area contributed by atoms with Crippen LogP contribution in [0.5, 0.6) is 0 Å². The molecule has 2 heterocycles. The number of imidazole rings is 2. The van der Waals surface area contributed by atoms with E-state index in [4.69, 9.17) is 5.73 Å². The van der Waals surface area contributed by atoms with Gasteiger partial charge in [0.2, 0.25) is 11.8 Å². The lowest BCUT2D eigenvalue weighted by Crippen LogP contribution is -2.56. The van der Waals surface area contributed by atoms with Crippen LogP contribution in [0.2, 0.25) is 0 Å². The molecule has 0 aliphatic heterocycles. The molecule has 7 N–H and O–H groups in total. The third kappa shape index (κ3) is 6.51. The largest absolute Gasteiger partial charge is 0.480 e. The van der Waals surface area contributed by atoms with Gasteiger partial charge in [-0.1, -0.05) is 30.3 Å². The number of aliphatic carboxylic acids is 1. The lowest BCUT2D eigenvalue weighted by Gasteiger charge is -2.23. The molecule has 0 aliphatic carbocycles. The normalized spacial score (nSPS) is 13.7. The molecule has 3 aromatic rings. The molecule has 2 aromatic heterocycles. The van der Waals surface area contributed by atoms with Gasteiger partial charge in [-0.3, -0.25) is 9.59 Å². The van der Waals surface area contributed by atoms with E-state index in [0.29, 0.717) is 11.4 Å². The number of carboxylic acids is 1. The number of nitrogens with one attached hydrogen (secondary N) is 4. The standard InChI is InChI=1S/C21H25N7O4/c22-16(7-14-9-23-11-25-14)19(29)27-17(6-13-4-2-1-3-5-13)20(30)28-18(21(31)32)8-15-10-24-12-26-15/h1-5,9-12,16-18H,6-8,22H2,(H,23,25)(H,24,26)(H,27,29)(H,28,30)(H,31,32)/t16-,17-,18-/m0/s1. The Hall–Kier alpha value is -3.99. The minimum Gasteiger partial charge on any atom is -0.480 e. The van der Waals surface area contributed by atoms with Crippen LogP contribution < -0.4 is 16.4 Å². The van der Waals surface area contributed by atoms with Gasteiger partial charge in [0.15, 0.2) is 0 Å². The number of hydrogen-bond donors (Lipinski definition) is 6. The van der Waals surface area contributed by atoms with Gasteiger partial charge in [-0.25, -0.2) is 14.8 Å². The fraction of sp³-hybridized carbons (Fsp3) is 0.286. The van der Waals surface area contributed by atoms with Crippen molar-refractivity contribution in [2.45, 2.75) is 37.4 Å². The number of carbonyl (C=O) groups is 3. The Bertz CT molecular complexity index is 1010. The molecule has 0 saturated heterocycles. The highest BCUT2D eigenvalue weighted by atomic mass is 16.4. The minimum absolute atomic E-state index is 0.0203. The van der Waals surface area contributed by atoms with Gasteiger partial charge in [0.05, 0.1) is 18.7 Å². The number of amides is 2. The summed E-state index contributed by atoms with van der Waals surface area (Å²) in [6, 6.07) is 5.97. The van der Waals surface area contributed by atoms with Gasteiger partial charge in [-0.05, 0) is 5.56 Å². The van der Waals surface area contributed by atoms with Gasteiger partial charge in [-0.2, -0.15) is 0 Å². The zero-order valence-electron chi connectivity index (χ0n) is 17.2. The lowest BCUT2D eigenvalue weighted by atomic mass is 10.0. The molecule has 0 bridgehead atoms.